The number of aliphatic hydroxyl groups excluding tert-OH is 4. The van der Waals surface area contributed by atoms with Crippen molar-refractivity contribution < 1.29 is 64.6 Å². The Morgan fingerprint density at radius 1 is 0.850 bits per heavy atom. The summed E-state index contributed by atoms with van der Waals surface area (Å²) in [5, 5.41) is 91.0. The van der Waals surface area contributed by atoms with Gasteiger partial charge in [-0.2, -0.15) is 0 Å². The number of hydrogen-bond acceptors (Lipinski definition) is 14. The van der Waals surface area contributed by atoms with Crippen LogP contribution in [0.4, 0.5) is 0 Å². The Bertz CT molecular complexity index is 1690. The fourth-order valence-corrected chi connectivity index (χ4v) is 4.59. The monoisotopic (exact) mass is 558 g/mol. The van der Waals surface area contributed by atoms with Crippen molar-refractivity contribution in [2.24, 2.45) is 0 Å². The molecule has 5 rings (SSSR count). The van der Waals surface area contributed by atoms with Crippen molar-refractivity contribution in [1.29, 1.82) is 0 Å². The van der Waals surface area contributed by atoms with Crippen molar-refractivity contribution in [3.63, 3.8) is 0 Å². The van der Waals surface area contributed by atoms with Gasteiger partial charge in [0.25, 0.3) is 0 Å². The SMILES string of the molecule is O=C(Oc1c(O)cc2oc3c([C@@H]4O[C@H](CO)[C@@H](O)[C@H](O)[C@H]4O)c(O)cc(O)c3c(=O)c2c1O)c1ccc(O)cc1. The van der Waals surface area contributed by atoms with Gasteiger partial charge in [-0.15, -0.1) is 0 Å². The lowest BCUT2D eigenvalue weighted by Crippen LogP contribution is -2.55. The number of rotatable bonds is 4. The lowest BCUT2D eigenvalue weighted by atomic mass is 9.89. The first-order valence-corrected chi connectivity index (χ1v) is 11.7. The highest BCUT2D eigenvalue weighted by Gasteiger charge is 2.46. The third-order valence-electron chi connectivity index (χ3n) is 6.62. The number of benzene rings is 3. The molecule has 0 amide bonds. The van der Waals surface area contributed by atoms with E-state index in [1.54, 1.807) is 0 Å². The van der Waals surface area contributed by atoms with Crippen LogP contribution in [0.25, 0.3) is 21.9 Å². The van der Waals surface area contributed by atoms with Gasteiger partial charge in [-0.05, 0) is 24.3 Å². The first-order valence-electron chi connectivity index (χ1n) is 11.7. The normalized spacial score (nSPS) is 22.9. The van der Waals surface area contributed by atoms with Crippen LogP contribution in [0.5, 0.6) is 34.5 Å². The second-order valence-corrected chi connectivity index (χ2v) is 9.10. The van der Waals surface area contributed by atoms with Crippen molar-refractivity contribution in [1.82, 2.24) is 0 Å². The smallest absolute Gasteiger partial charge is 0.343 e. The van der Waals surface area contributed by atoms with E-state index in [0.29, 0.717) is 6.07 Å². The molecule has 0 unspecified atom stereocenters. The van der Waals surface area contributed by atoms with Crippen LogP contribution in [-0.2, 0) is 4.74 Å². The lowest BCUT2D eigenvalue weighted by molar-refractivity contribution is -0.231. The molecule has 3 aromatic carbocycles. The maximum absolute atomic E-state index is 13.5. The molecule has 0 saturated carbocycles. The van der Waals surface area contributed by atoms with Crippen LogP contribution >= 0.6 is 0 Å². The predicted octanol–water partition coefficient (Wildman–Crippen LogP) is 0.208. The minimum Gasteiger partial charge on any atom is -0.508 e. The first kappa shape index (κ1) is 27.0. The van der Waals surface area contributed by atoms with Crippen LogP contribution in [-0.4, -0.2) is 83.0 Å². The Balaban J connectivity index is 1.70. The summed E-state index contributed by atoms with van der Waals surface area (Å²) in [6.07, 6.45) is -8.57. The summed E-state index contributed by atoms with van der Waals surface area (Å²) in [6.45, 7) is -0.793. The largest absolute Gasteiger partial charge is 0.508 e. The maximum atomic E-state index is 13.5. The van der Waals surface area contributed by atoms with Crippen molar-refractivity contribution in [3.8, 4) is 34.5 Å². The average molecular weight is 558 g/mol. The van der Waals surface area contributed by atoms with E-state index in [0.717, 1.165) is 6.07 Å². The summed E-state index contributed by atoms with van der Waals surface area (Å²) in [5.74, 6) is -5.47. The molecule has 40 heavy (non-hydrogen) atoms. The molecule has 5 atom stereocenters. The molecule has 9 N–H and O–H groups in total. The molecule has 4 aromatic rings. The van der Waals surface area contributed by atoms with Gasteiger partial charge in [-0.1, -0.05) is 0 Å². The molecule has 0 aliphatic carbocycles. The molecule has 1 saturated heterocycles. The number of esters is 1. The molecule has 1 aliphatic heterocycles. The van der Waals surface area contributed by atoms with Gasteiger partial charge >= 0.3 is 5.97 Å². The van der Waals surface area contributed by atoms with Gasteiger partial charge in [0.05, 0.1) is 17.7 Å². The van der Waals surface area contributed by atoms with Crippen LogP contribution in [0.15, 0.2) is 45.6 Å². The predicted molar refractivity (Wildman–Crippen MR) is 132 cm³/mol. The minimum atomic E-state index is -1.90. The number of ether oxygens (including phenoxy) is 2. The van der Waals surface area contributed by atoms with Gasteiger partial charge in [-0.25, -0.2) is 4.79 Å². The van der Waals surface area contributed by atoms with E-state index in [1.165, 1.54) is 24.3 Å². The third-order valence-corrected chi connectivity index (χ3v) is 6.62. The van der Waals surface area contributed by atoms with Gasteiger partial charge in [-0.3, -0.25) is 4.79 Å². The number of hydrogen-bond donors (Lipinski definition) is 9. The molecule has 1 aromatic heterocycles. The highest BCUT2D eigenvalue weighted by Crippen LogP contribution is 2.46. The first-order chi connectivity index (χ1) is 18.9. The highest BCUT2D eigenvalue weighted by atomic mass is 16.6. The average Bonchev–Trinajstić information content (AvgIpc) is 2.90. The molecule has 2 heterocycles. The van der Waals surface area contributed by atoms with Crippen LogP contribution in [0.1, 0.15) is 22.0 Å². The lowest BCUT2D eigenvalue weighted by Gasteiger charge is -2.40. The molecular weight excluding hydrogens is 536 g/mol. The molecule has 1 fully saturated rings. The molecule has 0 spiro atoms. The van der Waals surface area contributed by atoms with Gasteiger partial charge in [0.15, 0.2) is 17.1 Å². The molecular formula is C26H22O14. The van der Waals surface area contributed by atoms with Gasteiger partial charge in [0.2, 0.25) is 11.2 Å². The number of aliphatic hydroxyl groups is 4. The highest BCUT2D eigenvalue weighted by molar-refractivity contribution is 6.01. The standard InChI is InChI=1S/C26H22O14/c27-7-14-18(32)21(35)22(36)25(39-14)16-11(30)5-10(29)15-19(33)17-13(38-24(15)16)6-12(31)23(20(17)34)40-26(37)8-1-3-9(28)4-2-8/h1-6,14,18,21-22,25,27-32,34-36H,7H2/t14-,18-,21+,22-,25+/m1/s1. The fourth-order valence-electron chi connectivity index (χ4n) is 4.59. The van der Waals surface area contributed by atoms with Crippen molar-refractivity contribution in [2.45, 2.75) is 30.5 Å². The Hall–Kier alpha value is -4.60. The van der Waals surface area contributed by atoms with E-state index in [4.69, 9.17) is 13.9 Å². The number of carbonyl (C=O) groups is 1. The topological polar surface area (TPSA) is 248 Å². The zero-order chi connectivity index (χ0) is 29.0. The Labute approximate surface area is 222 Å². The zero-order valence-electron chi connectivity index (χ0n) is 20.1. The fraction of sp³-hybridized carbons (Fsp3) is 0.231. The Kier molecular flexibility index (Phi) is 6.65. The number of aromatic hydroxyl groups is 5. The van der Waals surface area contributed by atoms with Gasteiger partial charge < -0.3 is 59.8 Å². The molecule has 0 bridgehead atoms. The molecule has 1 aliphatic rings. The number of phenols is 5. The Morgan fingerprint density at radius 2 is 1.52 bits per heavy atom. The molecule has 14 heteroatoms. The van der Waals surface area contributed by atoms with Crippen LogP contribution in [0.3, 0.4) is 0 Å². The van der Waals surface area contributed by atoms with E-state index >= 15 is 0 Å². The zero-order valence-corrected chi connectivity index (χ0v) is 20.1. The van der Waals surface area contributed by atoms with Crippen molar-refractivity contribution in [3.05, 3.63) is 57.7 Å². The van der Waals surface area contributed by atoms with E-state index in [2.05, 4.69) is 0 Å². The van der Waals surface area contributed by atoms with Crippen molar-refractivity contribution >= 4 is 27.9 Å². The van der Waals surface area contributed by atoms with Gasteiger partial charge in [0.1, 0.15) is 64.1 Å². The Morgan fingerprint density at radius 3 is 2.17 bits per heavy atom. The van der Waals surface area contributed by atoms with Gasteiger partial charge in [0, 0.05) is 12.1 Å². The third kappa shape index (κ3) is 4.20. The quantitative estimate of drug-likeness (QED) is 0.0923. The van der Waals surface area contributed by atoms with Crippen LogP contribution < -0.4 is 10.2 Å². The summed E-state index contributed by atoms with van der Waals surface area (Å²) < 4.78 is 16.2. The van der Waals surface area contributed by atoms with E-state index in [-0.39, 0.29) is 11.3 Å². The second kappa shape index (κ2) is 9.86. The molecule has 14 nitrogen and oxygen atoms in total. The second-order valence-electron chi connectivity index (χ2n) is 9.10. The number of phenolic OH excluding ortho intramolecular Hbond substituents is 5. The number of fused-ring (bicyclic) bond motifs is 2. The summed E-state index contributed by atoms with van der Waals surface area (Å²) in [5.41, 5.74) is -2.72. The maximum Gasteiger partial charge on any atom is 0.343 e. The molecule has 0 radical (unpaired) electrons. The summed E-state index contributed by atoms with van der Waals surface area (Å²) in [6, 6.07) is 6.34. The van der Waals surface area contributed by atoms with E-state index in [1.807, 2.05) is 0 Å². The minimum absolute atomic E-state index is 0.0699. The van der Waals surface area contributed by atoms with Crippen LogP contribution in [0.2, 0.25) is 0 Å². The van der Waals surface area contributed by atoms with E-state index in [9.17, 15) is 55.5 Å². The summed E-state index contributed by atoms with van der Waals surface area (Å²) in [7, 11) is 0. The number of carbonyl (C=O) groups excluding carboxylic acids is 1. The summed E-state index contributed by atoms with van der Waals surface area (Å²) in [4.78, 5) is 26.0. The van der Waals surface area contributed by atoms with Crippen molar-refractivity contribution in [2.75, 3.05) is 6.61 Å². The van der Waals surface area contributed by atoms with Crippen LogP contribution in [0, 0.1) is 0 Å². The van der Waals surface area contributed by atoms with E-state index < -0.39 is 105 Å². The summed E-state index contributed by atoms with van der Waals surface area (Å²) >= 11 is 0. The molecule has 210 valence electrons.